The molecule has 0 saturated heterocycles. The summed E-state index contributed by atoms with van der Waals surface area (Å²) in [4.78, 5) is 20.2. The van der Waals surface area contributed by atoms with E-state index in [2.05, 4.69) is 34.5 Å². The Morgan fingerprint density at radius 3 is 2.36 bits per heavy atom. The van der Waals surface area contributed by atoms with E-state index in [1.165, 1.54) is 12.8 Å². The Balaban J connectivity index is 1.79. The molecule has 0 aliphatic heterocycles. The zero-order valence-corrected chi connectivity index (χ0v) is 16.0. The fourth-order valence-corrected chi connectivity index (χ4v) is 2.66. The predicted octanol–water partition coefficient (Wildman–Crippen LogP) is 1.54. The molecular weight excluding hydrogens is 314 g/mol. The molecule has 1 saturated carbocycles. The van der Waals surface area contributed by atoms with E-state index in [-0.39, 0.29) is 5.91 Å². The average molecular weight is 345 g/mol. The molecule has 0 spiro atoms. The minimum atomic E-state index is 0.0192. The first-order valence-corrected chi connectivity index (χ1v) is 8.89. The number of nitrogens with one attached hydrogen (secondary N) is 2. The van der Waals surface area contributed by atoms with Gasteiger partial charge in [-0.25, -0.2) is 0 Å². The highest BCUT2D eigenvalue weighted by atomic mass is 16.2. The topological polar surface area (TPSA) is 60.0 Å². The van der Waals surface area contributed by atoms with E-state index < -0.39 is 0 Å². The first kappa shape index (κ1) is 19.2. The zero-order valence-electron chi connectivity index (χ0n) is 16.0. The van der Waals surface area contributed by atoms with Gasteiger partial charge in [0.25, 0.3) is 5.91 Å². The normalized spacial score (nSPS) is 15.8. The lowest BCUT2D eigenvalue weighted by Crippen LogP contribution is -2.45. The number of likely N-dealkylation sites (N-methyl/N-ethyl adjacent to an activating group) is 1. The molecule has 1 aromatic rings. The molecule has 0 radical (unpaired) electrons. The van der Waals surface area contributed by atoms with Gasteiger partial charge in [-0.1, -0.05) is 12.1 Å². The summed E-state index contributed by atoms with van der Waals surface area (Å²) in [7, 11) is 7.49. The Hall–Kier alpha value is -2.08. The molecule has 138 valence electrons. The van der Waals surface area contributed by atoms with Gasteiger partial charge in [0.15, 0.2) is 5.96 Å². The van der Waals surface area contributed by atoms with Crippen LogP contribution in [0.4, 0.5) is 0 Å². The van der Waals surface area contributed by atoms with Crippen LogP contribution >= 0.6 is 0 Å². The van der Waals surface area contributed by atoms with Crippen molar-refractivity contribution < 1.29 is 4.79 Å². The van der Waals surface area contributed by atoms with Gasteiger partial charge in [0.1, 0.15) is 0 Å². The third-order valence-corrected chi connectivity index (χ3v) is 4.67. The minimum Gasteiger partial charge on any atom is -0.355 e. The Kier molecular flexibility index (Phi) is 6.82. The summed E-state index contributed by atoms with van der Waals surface area (Å²) in [5, 5.41) is 6.71. The maximum atomic E-state index is 11.9. The van der Waals surface area contributed by atoms with Gasteiger partial charge in [0.2, 0.25) is 0 Å². The van der Waals surface area contributed by atoms with Crippen molar-refractivity contribution >= 4 is 11.9 Å². The van der Waals surface area contributed by atoms with Crippen molar-refractivity contribution in [2.45, 2.75) is 38.4 Å². The molecule has 1 fully saturated rings. The number of carbonyl (C=O) groups is 1. The number of hydrogen-bond donors (Lipinski definition) is 2. The summed E-state index contributed by atoms with van der Waals surface area (Å²) >= 11 is 0. The minimum absolute atomic E-state index is 0.0192. The van der Waals surface area contributed by atoms with Crippen LogP contribution in [0.5, 0.6) is 0 Å². The first-order valence-electron chi connectivity index (χ1n) is 8.89. The van der Waals surface area contributed by atoms with E-state index >= 15 is 0 Å². The molecule has 0 aromatic heterocycles. The van der Waals surface area contributed by atoms with Crippen LogP contribution < -0.4 is 10.6 Å². The molecule has 1 aliphatic carbocycles. The van der Waals surface area contributed by atoms with Crippen molar-refractivity contribution in [3.63, 3.8) is 0 Å². The number of hydrogen-bond acceptors (Lipinski definition) is 3. The van der Waals surface area contributed by atoms with Crippen molar-refractivity contribution in [2.75, 3.05) is 34.7 Å². The Morgan fingerprint density at radius 1 is 1.20 bits per heavy atom. The Morgan fingerprint density at radius 2 is 1.84 bits per heavy atom. The predicted molar refractivity (Wildman–Crippen MR) is 103 cm³/mol. The molecule has 1 aliphatic rings. The maximum Gasteiger partial charge on any atom is 0.253 e. The van der Waals surface area contributed by atoms with Crippen LogP contribution in [0.15, 0.2) is 29.3 Å². The van der Waals surface area contributed by atoms with Crippen molar-refractivity contribution in [3.05, 3.63) is 35.4 Å². The molecule has 0 bridgehead atoms. The Labute approximate surface area is 151 Å². The summed E-state index contributed by atoms with van der Waals surface area (Å²) < 4.78 is 0. The monoisotopic (exact) mass is 345 g/mol. The van der Waals surface area contributed by atoms with E-state index in [0.717, 1.165) is 24.1 Å². The van der Waals surface area contributed by atoms with E-state index in [1.807, 2.05) is 24.3 Å². The van der Waals surface area contributed by atoms with Gasteiger partial charge in [-0.15, -0.1) is 0 Å². The van der Waals surface area contributed by atoms with Crippen molar-refractivity contribution in [1.29, 1.82) is 0 Å². The van der Waals surface area contributed by atoms with E-state index in [4.69, 9.17) is 0 Å². The van der Waals surface area contributed by atoms with Crippen LogP contribution in [0, 0.1) is 0 Å². The van der Waals surface area contributed by atoms with Gasteiger partial charge >= 0.3 is 0 Å². The lowest BCUT2D eigenvalue weighted by molar-refractivity contribution is 0.0827. The quantitative estimate of drug-likeness (QED) is 0.581. The highest BCUT2D eigenvalue weighted by Gasteiger charge is 2.28. The standard InChI is InChI=1S/C19H31N5O/c1-14(24(5)17-10-11-17)12-21-19(20-2)22-13-15-6-8-16(9-7-15)18(25)23(3)4/h6-9,14,17H,10-13H2,1-5H3,(H2,20,21,22). The number of carbonyl (C=O) groups excluding carboxylic acids is 1. The van der Waals surface area contributed by atoms with Crippen LogP contribution in [0.1, 0.15) is 35.7 Å². The fraction of sp³-hybridized carbons (Fsp3) is 0.579. The molecule has 2 rings (SSSR count). The second kappa shape index (κ2) is 8.85. The molecule has 0 heterocycles. The average Bonchev–Trinajstić information content (AvgIpc) is 3.45. The number of amides is 1. The van der Waals surface area contributed by atoms with Gasteiger partial charge in [-0.05, 0) is 44.5 Å². The molecule has 1 aromatic carbocycles. The number of rotatable bonds is 7. The van der Waals surface area contributed by atoms with Gasteiger partial charge < -0.3 is 15.5 Å². The van der Waals surface area contributed by atoms with Gasteiger partial charge in [-0.2, -0.15) is 0 Å². The van der Waals surface area contributed by atoms with E-state index in [0.29, 0.717) is 18.2 Å². The van der Waals surface area contributed by atoms with E-state index in [1.54, 1.807) is 26.0 Å². The fourth-order valence-electron chi connectivity index (χ4n) is 2.66. The molecule has 25 heavy (non-hydrogen) atoms. The van der Waals surface area contributed by atoms with Crippen molar-refractivity contribution in [3.8, 4) is 0 Å². The van der Waals surface area contributed by atoms with Crippen LogP contribution in [-0.4, -0.2) is 68.5 Å². The van der Waals surface area contributed by atoms with Crippen LogP contribution in [0.25, 0.3) is 0 Å². The summed E-state index contributed by atoms with van der Waals surface area (Å²) in [6, 6.07) is 8.91. The van der Waals surface area contributed by atoms with Crippen molar-refractivity contribution in [1.82, 2.24) is 20.4 Å². The highest BCUT2D eigenvalue weighted by molar-refractivity contribution is 5.93. The van der Waals surface area contributed by atoms with Crippen molar-refractivity contribution in [2.24, 2.45) is 4.99 Å². The number of benzene rings is 1. The lowest BCUT2D eigenvalue weighted by Gasteiger charge is -2.25. The number of nitrogens with zero attached hydrogens (tertiary/aromatic N) is 3. The second-order valence-corrected chi connectivity index (χ2v) is 6.95. The SMILES string of the molecule is CN=C(NCc1ccc(C(=O)N(C)C)cc1)NCC(C)N(C)C1CC1. The molecule has 1 atom stereocenters. The Bertz CT molecular complexity index is 592. The number of guanidine groups is 1. The highest BCUT2D eigenvalue weighted by Crippen LogP contribution is 2.26. The molecular formula is C19H31N5O. The summed E-state index contributed by atoms with van der Waals surface area (Å²) in [5.74, 6) is 0.815. The van der Waals surface area contributed by atoms with E-state index in [9.17, 15) is 4.79 Å². The second-order valence-electron chi connectivity index (χ2n) is 6.95. The van der Waals surface area contributed by atoms with Gasteiger partial charge in [0.05, 0.1) is 0 Å². The first-order chi connectivity index (χ1) is 11.9. The molecule has 6 heteroatoms. The molecule has 1 amide bonds. The van der Waals surface area contributed by atoms with Gasteiger partial charge in [-0.3, -0.25) is 14.7 Å². The third-order valence-electron chi connectivity index (χ3n) is 4.67. The largest absolute Gasteiger partial charge is 0.355 e. The number of aliphatic imine (C=N–C) groups is 1. The summed E-state index contributed by atoms with van der Waals surface area (Å²) in [6.07, 6.45) is 2.64. The lowest BCUT2D eigenvalue weighted by atomic mass is 10.1. The zero-order chi connectivity index (χ0) is 18.4. The van der Waals surface area contributed by atoms with Gasteiger partial charge in [0, 0.05) is 51.9 Å². The third kappa shape index (κ3) is 5.74. The maximum absolute atomic E-state index is 11.9. The molecule has 2 N–H and O–H groups in total. The van der Waals surface area contributed by atoms with Crippen LogP contribution in [0.3, 0.4) is 0 Å². The van der Waals surface area contributed by atoms with Crippen LogP contribution in [-0.2, 0) is 6.54 Å². The molecule has 1 unspecified atom stereocenters. The molecule has 6 nitrogen and oxygen atoms in total. The summed E-state index contributed by atoms with van der Waals surface area (Å²) in [5.41, 5.74) is 1.81. The summed E-state index contributed by atoms with van der Waals surface area (Å²) in [6.45, 7) is 3.77. The van der Waals surface area contributed by atoms with Crippen LogP contribution in [0.2, 0.25) is 0 Å². The smallest absolute Gasteiger partial charge is 0.253 e.